The second-order valence-corrected chi connectivity index (χ2v) is 17.8. The maximum atomic E-state index is 12.7. The standard InChI is InChI=1S/C49H86NO8P/c1-6-8-10-12-14-16-18-20-22-23-24-25-26-27-28-30-32-34-36-38-40-42-49(52)58-47(46-57-59(53,54)56-44-43-50(3,4)5)45-55-48(51)41-39-37-35-33-31-29-21-19-17-15-13-11-9-7-2/h8,10,14,16,19-22,24-25,27-28,47H,6-7,9,11-13,15,17-18,23,26,29-46H2,1-5H3/b10-8-,16-14-,21-19-,22-20-,25-24-,28-27-. The van der Waals surface area contributed by atoms with E-state index in [9.17, 15) is 19.0 Å². The summed E-state index contributed by atoms with van der Waals surface area (Å²) in [6, 6.07) is 0. The first kappa shape index (κ1) is 56.5. The maximum absolute atomic E-state index is 12.7. The van der Waals surface area contributed by atoms with Crippen molar-refractivity contribution in [3.05, 3.63) is 72.9 Å². The molecule has 9 nitrogen and oxygen atoms in total. The molecule has 0 aliphatic heterocycles. The van der Waals surface area contributed by atoms with Crippen molar-refractivity contribution in [1.29, 1.82) is 0 Å². The molecule has 0 aromatic heterocycles. The van der Waals surface area contributed by atoms with Gasteiger partial charge in [-0.25, -0.2) is 0 Å². The summed E-state index contributed by atoms with van der Waals surface area (Å²) >= 11 is 0. The molecule has 0 aromatic rings. The number of esters is 2. The molecule has 0 bridgehead atoms. The highest BCUT2D eigenvalue weighted by atomic mass is 31.2. The lowest BCUT2D eigenvalue weighted by molar-refractivity contribution is -0.870. The smallest absolute Gasteiger partial charge is 0.306 e. The Morgan fingerprint density at radius 3 is 1.46 bits per heavy atom. The van der Waals surface area contributed by atoms with Gasteiger partial charge in [-0.2, -0.15) is 0 Å². The Kier molecular flexibility index (Phi) is 39.1. The van der Waals surface area contributed by atoms with Gasteiger partial charge in [0.2, 0.25) is 0 Å². The van der Waals surface area contributed by atoms with E-state index in [0.29, 0.717) is 23.9 Å². The van der Waals surface area contributed by atoms with Crippen LogP contribution in [0.25, 0.3) is 0 Å². The lowest BCUT2D eigenvalue weighted by Crippen LogP contribution is -2.37. The predicted octanol–water partition coefficient (Wildman–Crippen LogP) is 12.8. The number of hydrogen-bond acceptors (Lipinski definition) is 8. The average Bonchev–Trinajstić information content (AvgIpc) is 3.19. The molecule has 0 saturated carbocycles. The maximum Gasteiger partial charge on any atom is 0.306 e. The van der Waals surface area contributed by atoms with Crippen LogP contribution in [0.3, 0.4) is 0 Å². The molecule has 0 aliphatic carbocycles. The summed E-state index contributed by atoms with van der Waals surface area (Å²) in [4.78, 5) is 37.6. The number of quaternary nitrogens is 1. The van der Waals surface area contributed by atoms with Crippen LogP contribution in [0.5, 0.6) is 0 Å². The van der Waals surface area contributed by atoms with Gasteiger partial charge < -0.3 is 27.9 Å². The van der Waals surface area contributed by atoms with E-state index in [2.05, 4.69) is 86.8 Å². The second-order valence-electron chi connectivity index (χ2n) is 16.4. The minimum Gasteiger partial charge on any atom is -0.756 e. The summed E-state index contributed by atoms with van der Waals surface area (Å²) in [5.41, 5.74) is 0. The molecule has 0 radical (unpaired) electrons. The predicted molar refractivity (Wildman–Crippen MR) is 245 cm³/mol. The summed E-state index contributed by atoms with van der Waals surface area (Å²) in [7, 11) is 1.14. The van der Waals surface area contributed by atoms with E-state index in [0.717, 1.165) is 96.3 Å². The number of likely N-dealkylation sites (N-methyl/N-ethyl adjacent to an activating group) is 1. The van der Waals surface area contributed by atoms with Crippen molar-refractivity contribution in [3.8, 4) is 0 Å². The second kappa shape index (κ2) is 40.8. The van der Waals surface area contributed by atoms with Crippen molar-refractivity contribution < 1.29 is 42.1 Å². The zero-order chi connectivity index (χ0) is 43.6. The van der Waals surface area contributed by atoms with Crippen LogP contribution in [0, 0.1) is 0 Å². The quantitative estimate of drug-likeness (QED) is 0.0197. The van der Waals surface area contributed by atoms with E-state index < -0.39 is 32.5 Å². The van der Waals surface area contributed by atoms with Crippen LogP contribution in [0.15, 0.2) is 72.9 Å². The first-order chi connectivity index (χ1) is 28.5. The summed E-state index contributed by atoms with van der Waals surface area (Å²) in [6.07, 6.45) is 50.7. The first-order valence-corrected chi connectivity index (χ1v) is 24.6. The fourth-order valence-electron chi connectivity index (χ4n) is 5.85. The van der Waals surface area contributed by atoms with E-state index in [-0.39, 0.29) is 26.1 Å². The number of phosphoric ester groups is 1. The third kappa shape index (κ3) is 44.8. The molecule has 0 saturated heterocycles. The van der Waals surface area contributed by atoms with E-state index in [4.69, 9.17) is 18.5 Å². The molecule has 0 aromatic carbocycles. The highest BCUT2D eigenvalue weighted by Crippen LogP contribution is 2.38. The number of unbranched alkanes of at least 4 members (excludes halogenated alkanes) is 15. The number of allylic oxidation sites excluding steroid dienone is 12. The molecule has 2 atom stereocenters. The van der Waals surface area contributed by atoms with Gasteiger partial charge in [-0.15, -0.1) is 0 Å². The van der Waals surface area contributed by atoms with Crippen LogP contribution in [-0.2, 0) is 32.7 Å². The lowest BCUT2D eigenvalue weighted by atomic mass is 10.1. The van der Waals surface area contributed by atoms with Gasteiger partial charge in [-0.05, 0) is 83.5 Å². The molecule has 0 rings (SSSR count). The molecule has 0 aliphatic rings. The Bertz CT molecular complexity index is 1230. The van der Waals surface area contributed by atoms with Crippen molar-refractivity contribution >= 4 is 19.8 Å². The van der Waals surface area contributed by atoms with Gasteiger partial charge >= 0.3 is 11.9 Å². The topological polar surface area (TPSA) is 111 Å². The van der Waals surface area contributed by atoms with E-state index in [1.54, 1.807) is 0 Å². The molecule has 340 valence electrons. The van der Waals surface area contributed by atoms with E-state index in [1.165, 1.54) is 38.5 Å². The van der Waals surface area contributed by atoms with Crippen molar-refractivity contribution in [1.82, 2.24) is 0 Å². The minimum atomic E-state index is -4.64. The largest absolute Gasteiger partial charge is 0.756 e. The summed E-state index contributed by atoms with van der Waals surface area (Å²) in [5, 5.41) is 0. The molecular weight excluding hydrogens is 762 g/mol. The van der Waals surface area contributed by atoms with Gasteiger partial charge in [0.1, 0.15) is 19.8 Å². The molecule has 0 fully saturated rings. The molecule has 0 spiro atoms. The third-order valence-corrected chi connectivity index (χ3v) is 10.4. The number of rotatable bonds is 41. The van der Waals surface area contributed by atoms with Crippen LogP contribution in [0.2, 0.25) is 0 Å². The van der Waals surface area contributed by atoms with Gasteiger partial charge in [0.05, 0.1) is 27.7 Å². The Labute approximate surface area is 361 Å². The molecule has 0 N–H and O–H groups in total. The van der Waals surface area contributed by atoms with Crippen molar-refractivity contribution in [2.75, 3.05) is 47.5 Å². The number of hydrogen-bond donors (Lipinski definition) is 0. The summed E-state index contributed by atoms with van der Waals surface area (Å²) in [5.74, 6) is -0.871. The Hall–Kier alpha value is -2.55. The number of carbonyl (C=O) groups is 2. The van der Waals surface area contributed by atoms with Gasteiger partial charge in [-0.1, -0.05) is 151 Å². The molecule has 0 heterocycles. The zero-order valence-electron chi connectivity index (χ0n) is 38.2. The Morgan fingerprint density at radius 2 is 0.966 bits per heavy atom. The van der Waals surface area contributed by atoms with Crippen molar-refractivity contribution in [2.24, 2.45) is 0 Å². The van der Waals surface area contributed by atoms with Gasteiger partial charge in [0, 0.05) is 12.8 Å². The van der Waals surface area contributed by atoms with Crippen LogP contribution in [-0.4, -0.2) is 70.0 Å². The van der Waals surface area contributed by atoms with Crippen LogP contribution < -0.4 is 4.89 Å². The van der Waals surface area contributed by atoms with Crippen LogP contribution in [0.4, 0.5) is 0 Å². The van der Waals surface area contributed by atoms with Crippen LogP contribution >= 0.6 is 7.82 Å². The third-order valence-electron chi connectivity index (χ3n) is 9.46. The molecule has 59 heavy (non-hydrogen) atoms. The highest BCUT2D eigenvalue weighted by Gasteiger charge is 2.21. The number of ether oxygens (including phenoxy) is 2. The molecule has 2 unspecified atom stereocenters. The summed E-state index contributed by atoms with van der Waals surface area (Å²) < 4.78 is 33.9. The van der Waals surface area contributed by atoms with E-state index >= 15 is 0 Å². The first-order valence-electron chi connectivity index (χ1n) is 23.1. The summed E-state index contributed by atoms with van der Waals surface area (Å²) in [6.45, 7) is 4.06. The van der Waals surface area contributed by atoms with Crippen molar-refractivity contribution in [2.45, 2.75) is 180 Å². The average molecular weight is 848 g/mol. The normalized spacial score (nSPS) is 14.2. The van der Waals surface area contributed by atoms with Gasteiger partial charge in [-0.3, -0.25) is 14.2 Å². The molecule has 10 heteroatoms. The van der Waals surface area contributed by atoms with Crippen LogP contribution in [0.1, 0.15) is 174 Å². The van der Waals surface area contributed by atoms with Gasteiger partial charge in [0.25, 0.3) is 7.82 Å². The Balaban J connectivity index is 4.39. The molecule has 0 amide bonds. The SMILES string of the molecule is CC/C=C\C/C=C\C/C=C\C/C=C\C/C=C\CCCCCCCC(=O)OC(COC(=O)CCCCCCC/C=C\CCCCCCC)COP(=O)([O-])OCC[N+](C)(C)C. The highest BCUT2D eigenvalue weighted by molar-refractivity contribution is 7.45. The zero-order valence-corrected chi connectivity index (χ0v) is 39.1. The van der Waals surface area contributed by atoms with Crippen molar-refractivity contribution in [3.63, 3.8) is 0 Å². The molecular formula is C49H86NO8P. The number of carbonyl (C=O) groups excluding carboxylic acids is 2. The van der Waals surface area contributed by atoms with Gasteiger partial charge in [0.15, 0.2) is 6.10 Å². The number of nitrogens with zero attached hydrogens (tertiary/aromatic N) is 1. The fourth-order valence-corrected chi connectivity index (χ4v) is 6.58. The minimum absolute atomic E-state index is 0.0398. The van der Waals surface area contributed by atoms with E-state index in [1.807, 2.05) is 21.1 Å². The monoisotopic (exact) mass is 848 g/mol. The fraction of sp³-hybridized carbons (Fsp3) is 0.714. The number of phosphoric acid groups is 1. The lowest BCUT2D eigenvalue weighted by Gasteiger charge is -2.28. The Morgan fingerprint density at radius 1 is 0.542 bits per heavy atom.